The molecule has 0 saturated heterocycles. The molecule has 128 valence electrons. The lowest BCUT2D eigenvalue weighted by Crippen LogP contribution is -2.23. The van der Waals surface area contributed by atoms with Crippen molar-refractivity contribution in [1.82, 2.24) is 5.32 Å². The van der Waals surface area contributed by atoms with Crippen LogP contribution in [-0.2, 0) is 13.0 Å². The summed E-state index contributed by atoms with van der Waals surface area (Å²) in [5.41, 5.74) is 3.87. The molecule has 1 amide bonds. The van der Waals surface area contributed by atoms with E-state index < -0.39 is 0 Å². The van der Waals surface area contributed by atoms with Crippen molar-refractivity contribution >= 4 is 24.0 Å². The molecule has 2 aromatic rings. The van der Waals surface area contributed by atoms with Gasteiger partial charge in [-0.05, 0) is 48.4 Å². The van der Waals surface area contributed by atoms with Crippen LogP contribution in [0.4, 0.5) is 5.69 Å². The Balaban J connectivity index is 0.00000208. The number of halogens is 1. The highest BCUT2D eigenvalue weighted by Crippen LogP contribution is 2.25. The Morgan fingerprint density at radius 3 is 2.75 bits per heavy atom. The van der Waals surface area contributed by atoms with Crippen LogP contribution in [0.5, 0.6) is 11.5 Å². The maximum atomic E-state index is 12.4. The van der Waals surface area contributed by atoms with Crippen molar-refractivity contribution in [2.45, 2.75) is 13.0 Å². The van der Waals surface area contributed by atoms with Gasteiger partial charge in [0.15, 0.2) is 0 Å². The highest BCUT2D eigenvalue weighted by Gasteiger charge is 2.14. The number of carbonyl (C=O) groups excluding carboxylic acids is 1. The minimum Gasteiger partial charge on any atom is -0.497 e. The Morgan fingerprint density at radius 2 is 2.00 bits per heavy atom. The number of benzene rings is 2. The quantitative estimate of drug-likeness (QED) is 0.872. The Kier molecular flexibility index (Phi) is 5.93. The van der Waals surface area contributed by atoms with Crippen LogP contribution in [0.1, 0.15) is 21.5 Å². The average Bonchev–Trinajstić information content (AvgIpc) is 3.06. The van der Waals surface area contributed by atoms with E-state index in [-0.39, 0.29) is 18.3 Å². The van der Waals surface area contributed by atoms with E-state index in [0.717, 1.165) is 35.7 Å². The van der Waals surface area contributed by atoms with Gasteiger partial charge in [0, 0.05) is 29.9 Å². The van der Waals surface area contributed by atoms with E-state index >= 15 is 0 Å². The molecule has 0 saturated carbocycles. The van der Waals surface area contributed by atoms with Crippen LogP contribution in [0.3, 0.4) is 0 Å². The fourth-order valence-electron chi connectivity index (χ4n) is 2.74. The van der Waals surface area contributed by atoms with Gasteiger partial charge < -0.3 is 20.1 Å². The Hall–Kier alpha value is -2.40. The first-order chi connectivity index (χ1) is 11.2. The van der Waals surface area contributed by atoms with Gasteiger partial charge in [-0.25, -0.2) is 0 Å². The number of nitrogens with one attached hydrogen (secondary N) is 2. The average molecular weight is 349 g/mol. The Labute approximate surface area is 147 Å². The highest BCUT2D eigenvalue weighted by molar-refractivity contribution is 5.95. The van der Waals surface area contributed by atoms with Crippen LogP contribution < -0.4 is 20.1 Å². The number of hydrogen-bond donors (Lipinski definition) is 2. The molecule has 0 atom stereocenters. The molecule has 6 heteroatoms. The van der Waals surface area contributed by atoms with Crippen LogP contribution >= 0.6 is 12.4 Å². The lowest BCUT2D eigenvalue weighted by atomic mass is 10.1. The largest absolute Gasteiger partial charge is 0.497 e. The normalized spacial score (nSPS) is 11.8. The van der Waals surface area contributed by atoms with Gasteiger partial charge in [-0.3, -0.25) is 4.79 Å². The van der Waals surface area contributed by atoms with Crippen LogP contribution in [-0.4, -0.2) is 26.7 Å². The van der Waals surface area contributed by atoms with Crippen molar-refractivity contribution in [3.63, 3.8) is 0 Å². The third-order valence-electron chi connectivity index (χ3n) is 4.00. The number of ether oxygens (including phenoxy) is 2. The maximum Gasteiger partial charge on any atom is 0.251 e. The standard InChI is InChI=1S/C18H20N2O3.ClH/c1-22-15-4-6-17(23-2)14(10-15)11-20-18(21)13-3-5-16-12(9-13)7-8-19-16;/h3-6,9-10,19H,7-8,11H2,1-2H3,(H,20,21);1H. The monoisotopic (exact) mass is 348 g/mol. The SMILES string of the molecule is COc1ccc(OC)c(CNC(=O)c2ccc3c(c2)CCN3)c1.Cl. The number of anilines is 1. The predicted molar refractivity (Wildman–Crippen MR) is 96.6 cm³/mol. The molecular formula is C18H21ClN2O3. The maximum absolute atomic E-state index is 12.4. The molecule has 2 aromatic carbocycles. The second kappa shape index (κ2) is 7.93. The number of hydrogen-bond acceptors (Lipinski definition) is 4. The summed E-state index contributed by atoms with van der Waals surface area (Å²) in [6.07, 6.45) is 0.958. The van der Waals surface area contributed by atoms with Gasteiger partial charge >= 0.3 is 0 Å². The summed E-state index contributed by atoms with van der Waals surface area (Å²) in [5, 5.41) is 6.23. The molecule has 0 radical (unpaired) electrons. The smallest absolute Gasteiger partial charge is 0.251 e. The fraction of sp³-hybridized carbons (Fsp3) is 0.278. The molecule has 24 heavy (non-hydrogen) atoms. The zero-order valence-corrected chi connectivity index (χ0v) is 14.5. The molecule has 1 aliphatic heterocycles. The Morgan fingerprint density at radius 1 is 1.17 bits per heavy atom. The van der Waals surface area contributed by atoms with Gasteiger partial charge in [-0.2, -0.15) is 0 Å². The topological polar surface area (TPSA) is 59.6 Å². The summed E-state index contributed by atoms with van der Waals surface area (Å²) in [7, 11) is 3.23. The van der Waals surface area contributed by atoms with E-state index in [1.54, 1.807) is 14.2 Å². The van der Waals surface area contributed by atoms with Gasteiger partial charge in [0.25, 0.3) is 5.91 Å². The number of carbonyl (C=O) groups is 1. The summed E-state index contributed by atoms with van der Waals surface area (Å²) in [6.45, 7) is 1.32. The summed E-state index contributed by atoms with van der Waals surface area (Å²) >= 11 is 0. The van der Waals surface area contributed by atoms with E-state index in [4.69, 9.17) is 9.47 Å². The molecule has 0 aliphatic carbocycles. The van der Waals surface area contributed by atoms with E-state index in [0.29, 0.717) is 12.1 Å². The summed E-state index contributed by atoms with van der Waals surface area (Å²) < 4.78 is 10.5. The molecule has 2 N–H and O–H groups in total. The van der Waals surface area contributed by atoms with Gasteiger partial charge in [-0.1, -0.05) is 0 Å². The van der Waals surface area contributed by atoms with Gasteiger partial charge in [0.1, 0.15) is 11.5 Å². The van der Waals surface area contributed by atoms with Crippen molar-refractivity contribution in [2.75, 3.05) is 26.1 Å². The third-order valence-corrected chi connectivity index (χ3v) is 4.00. The lowest BCUT2D eigenvalue weighted by molar-refractivity contribution is 0.0950. The minimum absolute atomic E-state index is 0. The zero-order valence-electron chi connectivity index (χ0n) is 13.7. The summed E-state index contributed by atoms with van der Waals surface area (Å²) in [6, 6.07) is 11.3. The first kappa shape index (κ1) is 17.9. The molecular weight excluding hydrogens is 328 g/mol. The van der Waals surface area contributed by atoms with E-state index in [1.165, 1.54) is 5.56 Å². The van der Waals surface area contributed by atoms with Crippen LogP contribution in [0.25, 0.3) is 0 Å². The van der Waals surface area contributed by atoms with Crippen LogP contribution in [0.2, 0.25) is 0 Å². The lowest BCUT2D eigenvalue weighted by Gasteiger charge is -2.12. The molecule has 3 rings (SSSR count). The zero-order chi connectivity index (χ0) is 16.2. The van der Waals surface area contributed by atoms with Crippen molar-refractivity contribution < 1.29 is 14.3 Å². The van der Waals surface area contributed by atoms with Crippen molar-refractivity contribution in [3.8, 4) is 11.5 Å². The van der Waals surface area contributed by atoms with Crippen molar-refractivity contribution in [3.05, 3.63) is 53.1 Å². The Bertz CT molecular complexity index is 734. The number of amides is 1. The second-order valence-corrected chi connectivity index (χ2v) is 5.41. The predicted octanol–water partition coefficient (Wildman–Crippen LogP) is 3.02. The molecule has 0 aromatic heterocycles. The minimum atomic E-state index is -0.0930. The second-order valence-electron chi connectivity index (χ2n) is 5.41. The summed E-state index contributed by atoms with van der Waals surface area (Å²) in [5.74, 6) is 1.37. The molecule has 1 aliphatic rings. The van der Waals surface area contributed by atoms with E-state index in [2.05, 4.69) is 10.6 Å². The molecule has 0 bridgehead atoms. The number of fused-ring (bicyclic) bond motifs is 1. The van der Waals surface area contributed by atoms with Crippen LogP contribution in [0.15, 0.2) is 36.4 Å². The molecule has 1 heterocycles. The summed E-state index contributed by atoms with van der Waals surface area (Å²) in [4.78, 5) is 12.4. The molecule has 0 unspecified atom stereocenters. The van der Waals surface area contributed by atoms with Crippen molar-refractivity contribution in [2.24, 2.45) is 0 Å². The number of methoxy groups -OCH3 is 2. The third kappa shape index (κ3) is 3.74. The van der Waals surface area contributed by atoms with E-state index in [9.17, 15) is 4.79 Å². The molecule has 5 nitrogen and oxygen atoms in total. The first-order valence-electron chi connectivity index (χ1n) is 7.57. The van der Waals surface area contributed by atoms with E-state index in [1.807, 2.05) is 36.4 Å². The molecule has 0 spiro atoms. The fourth-order valence-corrected chi connectivity index (χ4v) is 2.74. The van der Waals surface area contributed by atoms with Crippen molar-refractivity contribution in [1.29, 1.82) is 0 Å². The van der Waals surface area contributed by atoms with Crippen LogP contribution in [0, 0.1) is 0 Å². The van der Waals surface area contributed by atoms with Gasteiger partial charge in [-0.15, -0.1) is 12.4 Å². The van der Waals surface area contributed by atoms with Gasteiger partial charge in [0.2, 0.25) is 0 Å². The highest BCUT2D eigenvalue weighted by atomic mass is 35.5. The molecule has 0 fully saturated rings. The number of rotatable bonds is 5. The first-order valence-corrected chi connectivity index (χ1v) is 7.57. The van der Waals surface area contributed by atoms with Gasteiger partial charge in [0.05, 0.1) is 14.2 Å².